The summed E-state index contributed by atoms with van der Waals surface area (Å²) in [6.07, 6.45) is 0.646. The van der Waals surface area contributed by atoms with Gasteiger partial charge in [-0.05, 0) is 48.3 Å². The molecule has 6 heteroatoms. The number of aliphatic hydroxyl groups excluding tert-OH is 1. The first-order valence-electron chi connectivity index (χ1n) is 9.98. The van der Waals surface area contributed by atoms with Gasteiger partial charge in [-0.3, -0.25) is 0 Å². The summed E-state index contributed by atoms with van der Waals surface area (Å²) < 4.78 is 6.92. The first-order chi connectivity index (χ1) is 13.8. The van der Waals surface area contributed by atoms with E-state index in [0.717, 1.165) is 55.5 Å². The Balaban J connectivity index is 1.60. The van der Waals surface area contributed by atoms with Gasteiger partial charge in [-0.1, -0.05) is 6.92 Å². The number of pyridine rings is 1. The second kappa shape index (κ2) is 8.90. The average Bonchev–Trinajstić information content (AvgIpc) is 3.23. The number of fused-ring (bicyclic) bond motifs is 1. The van der Waals surface area contributed by atoms with Gasteiger partial charge in [-0.2, -0.15) is 0 Å². The lowest BCUT2D eigenvalue weighted by atomic mass is 10.1. The van der Waals surface area contributed by atoms with Crippen LogP contribution in [0.2, 0.25) is 0 Å². The lowest BCUT2D eigenvalue weighted by Gasteiger charge is -2.35. The zero-order valence-electron chi connectivity index (χ0n) is 16.3. The van der Waals surface area contributed by atoms with Crippen molar-refractivity contribution in [2.24, 2.45) is 0 Å². The van der Waals surface area contributed by atoms with Crippen LogP contribution in [0.4, 0.5) is 5.82 Å². The number of nitrogens with zero attached hydrogens (tertiary/aromatic N) is 3. The topological polar surface area (TPSA) is 48.8 Å². The highest BCUT2D eigenvalue weighted by atomic mass is 32.1. The van der Waals surface area contributed by atoms with Gasteiger partial charge >= 0.3 is 0 Å². The molecule has 2 aromatic heterocycles. The molecule has 28 heavy (non-hydrogen) atoms. The first kappa shape index (κ1) is 19.2. The van der Waals surface area contributed by atoms with Gasteiger partial charge < -0.3 is 19.6 Å². The Kier molecular flexibility index (Phi) is 6.10. The Bertz CT molecular complexity index is 902. The molecule has 1 N–H and O–H groups in total. The maximum absolute atomic E-state index is 8.87. The second-order valence-corrected chi connectivity index (χ2v) is 7.98. The minimum atomic E-state index is 0.151. The highest BCUT2D eigenvalue weighted by Crippen LogP contribution is 2.34. The summed E-state index contributed by atoms with van der Waals surface area (Å²) in [5.41, 5.74) is 2.10. The van der Waals surface area contributed by atoms with Crippen LogP contribution in [0.1, 0.15) is 13.3 Å². The van der Waals surface area contributed by atoms with Crippen molar-refractivity contribution < 1.29 is 9.84 Å². The van der Waals surface area contributed by atoms with Gasteiger partial charge in [-0.15, -0.1) is 11.3 Å². The van der Waals surface area contributed by atoms with E-state index in [0.29, 0.717) is 13.0 Å². The summed E-state index contributed by atoms with van der Waals surface area (Å²) in [5.74, 6) is 1.93. The molecule has 1 aliphatic heterocycles. The second-order valence-electron chi connectivity index (χ2n) is 7.03. The normalized spacial score (nSPS) is 15.3. The van der Waals surface area contributed by atoms with Crippen molar-refractivity contribution in [1.82, 2.24) is 9.88 Å². The minimum absolute atomic E-state index is 0.151. The predicted molar refractivity (Wildman–Crippen MR) is 117 cm³/mol. The van der Waals surface area contributed by atoms with E-state index < -0.39 is 0 Å². The van der Waals surface area contributed by atoms with Crippen LogP contribution in [-0.2, 0) is 0 Å². The van der Waals surface area contributed by atoms with Crippen molar-refractivity contribution >= 4 is 27.2 Å². The number of ether oxygens (including phenoxy) is 1. The van der Waals surface area contributed by atoms with E-state index in [-0.39, 0.29) is 6.61 Å². The summed E-state index contributed by atoms with van der Waals surface area (Å²) in [5, 5.41) is 12.3. The van der Waals surface area contributed by atoms with Crippen molar-refractivity contribution in [2.45, 2.75) is 13.3 Å². The molecule has 1 aliphatic rings. The summed E-state index contributed by atoms with van der Waals surface area (Å²) in [4.78, 5) is 9.98. The van der Waals surface area contributed by atoms with Crippen LogP contribution in [-0.4, -0.2) is 60.9 Å². The molecule has 1 fully saturated rings. The SMILES string of the molecule is CCN1CCN(c2nc(-c3ccc(OCCCO)cc3)cc3sccc23)CC1. The molecule has 0 radical (unpaired) electrons. The number of hydrogen-bond donors (Lipinski definition) is 1. The van der Waals surface area contributed by atoms with Crippen molar-refractivity contribution in [2.75, 3.05) is 50.8 Å². The fourth-order valence-electron chi connectivity index (χ4n) is 3.59. The molecule has 1 saturated heterocycles. The predicted octanol–water partition coefficient (Wildman–Crippen LogP) is 3.87. The molecule has 3 heterocycles. The maximum Gasteiger partial charge on any atom is 0.138 e. The zero-order chi connectivity index (χ0) is 19.3. The van der Waals surface area contributed by atoms with Crippen molar-refractivity contribution in [3.8, 4) is 17.0 Å². The molecule has 0 atom stereocenters. The molecule has 3 aromatic rings. The van der Waals surface area contributed by atoms with Crippen LogP contribution in [0, 0.1) is 0 Å². The molecule has 5 nitrogen and oxygen atoms in total. The number of piperazine rings is 1. The fraction of sp³-hybridized carbons (Fsp3) is 0.409. The number of thiophene rings is 1. The summed E-state index contributed by atoms with van der Waals surface area (Å²) in [6.45, 7) is 8.24. The van der Waals surface area contributed by atoms with Gasteiger partial charge in [0, 0.05) is 54.9 Å². The van der Waals surface area contributed by atoms with E-state index in [1.807, 2.05) is 12.1 Å². The standard InChI is InChI=1S/C22H27N3O2S/c1-2-24-9-11-25(12-10-24)22-19-8-15-28-21(19)16-20(23-22)17-4-6-18(7-5-17)27-14-3-13-26/h4-8,15-16,26H,2-3,9-14H2,1H3. The molecule has 148 valence electrons. The minimum Gasteiger partial charge on any atom is -0.494 e. The van der Waals surface area contributed by atoms with Gasteiger partial charge in [0.15, 0.2) is 0 Å². The molecule has 0 saturated carbocycles. The van der Waals surface area contributed by atoms with Crippen LogP contribution in [0.15, 0.2) is 41.8 Å². The zero-order valence-corrected chi connectivity index (χ0v) is 17.1. The number of likely N-dealkylation sites (N-methyl/N-ethyl adjacent to an activating group) is 1. The van der Waals surface area contributed by atoms with Crippen LogP contribution in [0.5, 0.6) is 5.75 Å². The Morgan fingerprint density at radius 1 is 1.11 bits per heavy atom. The van der Waals surface area contributed by atoms with Crippen molar-refractivity contribution in [1.29, 1.82) is 0 Å². The van der Waals surface area contributed by atoms with Gasteiger partial charge in [-0.25, -0.2) is 4.98 Å². The molecule has 4 rings (SSSR count). The largest absolute Gasteiger partial charge is 0.494 e. The third kappa shape index (κ3) is 4.14. The molecule has 1 aromatic carbocycles. The van der Waals surface area contributed by atoms with Gasteiger partial charge in [0.2, 0.25) is 0 Å². The number of aliphatic hydroxyl groups is 1. The number of benzene rings is 1. The third-order valence-electron chi connectivity index (χ3n) is 5.27. The Morgan fingerprint density at radius 2 is 1.89 bits per heavy atom. The quantitative estimate of drug-likeness (QED) is 0.614. The molecule has 0 bridgehead atoms. The number of hydrogen-bond acceptors (Lipinski definition) is 6. The summed E-state index contributed by atoms with van der Waals surface area (Å²) in [6, 6.07) is 12.5. The molecule has 0 amide bonds. The molecule has 0 unspecified atom stereocenters. The lowest BCUT2D eigenvalue weighted by Crippen LogP contribution is -2.46. The Morgan fingerprint density at radius 3 is 2.61 bits per heavy atom. The van der Waals surface area contributed by atoms with Crippen LogP contribution in [0.3, 0.4) is 0 Å². The molecular formula is C22H27N3O2S. The Labute approximate surface area is 170 Å². The molecule has 0 aliphatic carbocycles. The van der Waals surface area contributed by atoms with Crippen molar-refractivity contribution in [3.05, 3.63) is 41.8 Å². The number of anilines is 1. The highest BCUT2D eigenvalue weighted by molar-refractivity contribution is 7.17. The first-order valence-corrected chi connectivity index (χ1v) is 10.9. The smallest absolute Gasteiger partial charge is 0.138 e. The van der Waals surface area contributed by atoms with Crippen molar-refractivity contribution in [3.63, 3.8) is 0 Å². The van der Waals surface area contributed by atoms with E-state index in [2.05, 4.69) is 46.4 Å². The lowest BCUT2D eigenvalue weighted by molar-refractivity contribution is 0.233. The summed E-state index contributed by atoms with van der Waals surface area (Å²) in [7, 11) is 0. The number of rotatable bonds is 7. The molecule has 0 spiro atoms. The van der Waals surface area contributed by atoms with Crippen LogP contribution >= 0.6 is 11.3 Å². The van der Waals surface area contributed by atoms with Gasteiger partial charge in [0.25, 0.3) is 0 Å². The molecular weight excluding hydrogens is 370 g/mol. The monoisotopic (exact) mass is 397 g/mol. The van der Waals surface area contributed by atoms with Gasteiger partial charge in [0.05, 0.1) is 12.3 Å². The van der Waals surface area contributed by atoms with Crippen LogP contribution < -0.4 is 9.64 Å². The van der Waals surface area contributed by atoms with E-state index in [1.54, 1.807) is 11.3 Å². The third-order valence-corrected chi connectivity index (χ3v) is 6.13. The highest BCUT2D eigenvalue weighted by Gasteiger charge is 2.20. The van der Waals surface area contributed by atoms with Gasteiger partial charge in [0.1, 0.15) is 11.6 Å². The Hall–Kier alpha value is -2.15. The van der Waals surface area contributed by atoms with E-state index in [4.69, 9.17) is 14.8 Å². The summed E-state index contributed by atoms with van der Waals surface area (Å²) >= 11 is 1.77. The number of aromatic nitrogens is 1. The van der Waals surface area contributed by atoms with E-state index in [1.165, 1.54) is 10.1 Å². The average molecular weight is 398 g/mol. The van der Waals surface area contributed by atoms with E-state index in [9.17, 15) is 0 Å². The van der Waals surface area contributed by atoms with Crippen LogP contribution in [0.25, 0.3) is 21.3 Å². The fourth-order valence-corrected chi connectivity index (χ4v) is 4.41. The maximum atomic E-state index is 8.87. The van der Waals surface area contributed by atoms with E-state index >= 15 is 0 Å².